The van der Waals surface area contributed by atoms with E-state index < -0.39 is 5.97 Å². The third kappa shape index (κ3) is 4.26. The fourth-order valence-corrected chi connectivity index (χ4v) is 4.09. The van der Waals surface area contributed by atoms with Gasteiger partial charge in [0.2, 0.25) is 0 Å². The molecule has 0 fully saturated rings. The summed E-state index contributed by atoms with van der Waals surface area (Å²) < 4.78 is 6.31. The molecule has 2 aromatic rings. The number of halogens is 3. The van der Waals surface area contributed by atoms with Gasteiger partial charge in [-0.1, -0.05) is 35.4 Å². The van der Waals surface area contributed by atoms with E-state index in [1.54, 1.807) is 6.07 Å². The summed E-state index contributed by atoms with van der Waals surface area (Å²) >= 11 is 12.5. The van der Waals surface area contributed by atoms with Crippen molar-refractivity contribution in [2.24, 2.45) is 0 Å². The number of carbonyl (C=O) groups is 1. The maximum Gasteiger partial charge on any atom is 0.336 e. The van der Waals surface area contributed by atoms with Gasteiger partial charge in [-0.15, -0.1) is 12.4 Å². The molecule has 0 spiro atoms. The monoisotopic (exact) mass is 492 g/mol. The van der Waals surface area contributed by atoms with E-state index in [4.69, 9.17) is 27.9 Å². The second-order valence-electron chi connectivity index (χ2n) is 7.93. The Morgan fingerprint density at radius 1 is 1.03 bits per heavy atom. The quantitative estimate of drug-likeness (QED) is 0.587. The second-order valence-corrected chi connectivity index (χ2v) is 8.74. The van der Waals surface area contributed by atoms with Crippen LogP contribution in [-0.2, 0) is 0 Å². The number of aromatic carboxylic acids is 1. The van der Waals surface area contributed by atoms with Crippen LogP contribution in [0.1, 0.15) is 21.5 Å². The zero-order valence-corrected chi connectivity index (χ0v) is 20.3. The summed E-state index contributed by atoms with van der Waals surface area (Å²) in [5.74, 6) is 0.268. The molecule has 0 radical (unpaired) electrons. The Hall–Kier alpha value is -2.44. The van der Waals surface area contributed by atoms with E-state index in [2.05, 4.69) is 11.0 Å². The average Bonchev–Trinajstić information content (AvgIpc) is 2.72. The lowest BCUT2D eigenvalue weighted by atomic mass is 9.85. The molecule has 32 heavy (non-hydrogen) atoms. The first-order valence-corrected chi connectivity index (χ1v) is 10.5. The fourth-order valence-electron chi connectivity index (χ4n) is 3.76. The van der Waals surface area contributed by atoms with Gasteiger partial charge in [0, 0.05) is 48.6 Å². The van der Waals surface area contributed by atoms with Crippen molar-refractivity contribution < 1.29 is 14.6 Å². The Morgan fingerprint density at radius 3 is 2.34 bits per heavy atom. The van der Waals surface area contributed by atoms with E-state index in [9.17, 15) is 9.90 Å². The summed E-state index contributed by atoms with van der Waals surface area (Å²) in [6.07, 6.45) is 6.06. The molecule has 1 aliphatic carbocycles. The molecule has 1 heterocycles. The third-order valence-electron chi connectivity index (χ3n) is 5.44. The number of likely N-dealkylation sites (N-methyl/N-ethyl adjacent to an activating group) is 1. The van der Waals surface area contributed by atoms with E-state index in [0.29, 0.717) is 22.1 Å². The zero-order chi connectivity index (χ0) is 22.4. The van der Waals surface area contributed by atoms with Crippen molar-refractivity contribution in [2.75, 3.05) is 33.1 Å². The summed E-state index contributed by atoms with van der Waals surface area (Å²) in [5, 5.41) is 10.4. The van der Waals surface area contributed by atoms with Gasteiger partial charge in [0.05, 0.1) is 15.6 Å². The average molecular weight is 494 g/mol. The molecule has 2 aliphatic rings. The number of fused-ring (bicyclic) bond motifs is 2. The maximum absolute atomic E-state index is 12.1. The van der Waals surface area contributed by atoms with E-state index >= 15 is 0 Å². The number of ether oxygens (including phenoxy) is 1. The van der Waals surface area contributed by atoms with Gasteiger partial charge < -0.3 is 14.7 Å². The van der Waals surface area contributed by atoms with Crippen LogP contribution in [0.25, 0.3) is 5.57 Å². The Labute approximate surface area is 203 Å². The molecule has 1 unspecified atom stereocenters. The maximum atomic E-state index is 12.1. The van der Waals surface area contributed by atoms with Crippen molar-refractivity contribution in [3.63, 3.8) is 0 Å². The van der Waals surface area contributed by atoms with Crippen molar-refractivity contribution in [1.82, 2.24) is 4.90 Å². The minimum atomic E-state index is -1.07. The number of allylic oxidation sites excluding steroid dienone is 1. The number of rotatable bonds is 4. The Balaban J connectivity index is 0.00000289. The molecule has 0 saturated heterocycles. The highest BCUT2D eigenvalue weighted by Crippen LogP contribution is 2.46. The van der Waals surface area contributed by atoms with Gasteiger partial charge >= 0.3 is 5.97 Å². The van der Waals surface area contributed by atoms with Crippen LogP contribution in [0.2, 0.25) is 10.0 Å². The number of benzene rings is 2. The molecule has 168 valence electrons. The lowest BCUT2D eigenvalue weighted by molar-refractivity contribution is 0.0696. The SMILES string of the molecule is CN(C)c1ccc2c(c1)OC1=CC(N(C)C)C=CC1=C2c1cc(Cl)c(Cl)cc1C(=O)O.Cl. The molecule has 1 atom stereocenters. The normalized spacial score (nSPS) is 16.6. The summed E-state index contributed by atoms with van der Waals surface area (Å²) in [4.78, 5) is 16.1. The molecule has 0 saturated carbocycles. The van der Waals surface area contributed by atoms with Crippen molar-refractivity contribution in [1.29, 1.82) is 0 Å². The van der Waals surface area contributed by atoms with Crippen LogP contribution in [0.15, 0.2) is 59.9 Å². The van der Waals surface area contributed by atoms with E-state index in [1.165, 1.54) is 6.07 Å². The lowest BCUT2D eigenvalue weighted by Crippen LogP contribution is -2.27. The van der Waals surface area contributed by atoms with E-state index in [-0.39, 0.29) is 29.0 Å². The number of anilines is 1. The molecule has 4 rings (SSSR count). The highest BCUT2D eigenvalue weighted by atomic mass is 35.5. The Morgan fingerprint density at radius 2 is 1.72 bits per heavy atom. The number of nitrogens with zero attached hydrogens (tertiary/aromatic N) is 2. The smallest absolute Gasteiger partial charge is 0.336 e. The number of hydrogen-bond acceptors (Lipinski definition) is 4. The van der Waals surface area contributed by atoms with E-state index in [0.717, 1.165) is 22.4 Å². The Bertz CT molecular complexity index is 1180. The third-order valence-corrected chi connectivity index (χ3v) is 6.17. The molecule has 2 aromatic carbocycles. The minimum absolute atomic E-state index is 0. The topological polar surface area (TPSA) is 53.0 Å². The highest BCUT2D eigenvalue weighted by molar-refractivity contribution is 6.42. The second kappa shape index (κ2) is 9.20. The first kappa shape index (κ1) is 24.2. The largest absolute Gasteiger partial charge is 0.478 e. The van der Waals surface area contributed by atoms with Gasteiger partial charge in [0.25, 0.3) is 0 Å². The van der Waals surface area contributed by atoms with Gasteiger partial charge in [0.1, 0.15) is 11.5 Å². The van der Waals surface area contributed by atoms with Gasteiger partial charge in [-0.2, -0.15) is 0 Å². The zero-order valence-electron chi connectivity index (χ0n) is 18.0. The Kier molecular flexibility index (Phi) is 6.96. The predicted octanol–water partition coefficient (Wildman–Crippen LogP) is 5.76. The minimum Gasteiger partial charge on any atom is -0.478 e. The van der Waals surface area contributed by atoms with Crippen molar-refractivity contribution in [3.8, 4) is 5.75 Å². The van der Waals surface area contributed by atoms with Crippen molar-refractivity contribution >= 4 is 52.8 Å². The number of carboxylic acid groups (broad SMARTS) is 1. The molecule has 0 bridgehead atoms. The summed E-state index contributed by atoms with van der Waals surface area (Å²) in [5.41, 5.74) is 3.92. The number of carboxylic acids is 1. The van der Waals surface area contributed by atoms with Crippen LogP contribution in [0.3, 0.4) is 0 Å². The van der Waals surface area contributed by atoms with Crippen LogP contribution in [0.5, 0.6) is 5.75 Å². The van der Waals surface area contributed by atoms with Crippen LogP contribution in [-0.4, -0.2) is 50.2 Å². The number of hydrogen-bond donors (Lipinski definition) is 1. The molecular weight excluding hydrogens is 471 g/mol. The van der Waals surface area contributed by atoms with E-state index in [1.807, 2.05) is 63.4 Å². The molecule has 0 aromatic heterocycles. The molecule has 1 N–H and O–H groups in total. The van der Waals surface area contributed by atoms with Gasteiger partial charge in [-0.3, -0.25) is 4.90 Å². The van der Waals surface area contributed by atoms with Crippen molar-refractivity contribution in [3.05, 3.63) is 86.6 Å². The van der Waals surface area contributed by atoms with Crippen molar-refractivity contribution in [2.45, 2.75) is 6.04 Å². The summed E-state index contributed by atoms with van der Waals surface area (Å²) in [6, 6.07) is 8.96. The summed E-state index contributed by atoms with van der Waals surface area (Å²) in [7, 11) is 7.89. The van der Waals surface area contributed by atoms with Crippen LogP contribution < -0.4 is 9.64 Å². The molecule has 0 amide bonds. The van der Waals surface area contributed by atoms with Crippen LogP contribution in [0, 0.1) is 0 Å². The van der Waals surface area contributed by atoms with Gasteiger partial charge in [-0.25, -0.2) is 4.79 Å². The molecule has 8 heteroatoms. The molecular formula is C24H23Cl3N2O3. The van der Waals surface area contributed by atoms with Gasteiger partial charge in [-0.05, 0) is 50.0 Å². The highest BCUT2D eigenvalue weighted by Gasteiger charge is 2.30. The standard InChI is InChI=1S/C24H22Cl2N2O3.ClH/c1-27(2)13-5-7-15-21(9-13)31-22-10-14(28(3)4)6-8-16(22)23(15)17-11-19(25)20(26)12-18(17)24(29)30;/h5-13H,1-4H3,(H,29,30);1H. The first-order chi connectivity index (χ1) is 14.7. The first-order valence-electron chi connectivity index (χ1n) is 9.70. The molecule has 1 aliphatic heterocycles. The van der Waals surface area contributed by atoms with Crippen LogP contribution in [0.4, 0.5) is 5.69 Å². The fraction of sp³-hybridized carbons (Fsp3) is 0.208. The summed E-state index contributed by atoms with van der Waals surface area (Å²) in [6.45, 7) is 0. The predicted molar refractivity (Wildman–Crippen MR) is 133 cm³/mol. The van der Waals surface area contributed by atoms with Gasteiger partial charge in [0.15, 0.2) is 0 Å². The van der Waals surface area contributed by atoms with Crippen LogP contribution >= 0.6 is 35.6 Å². The lowest BCUT2D eigenvalue weighted by Gasteiger charge is -2.31. The molecule has 5 nitrogen and oxygen atoms in total.